The fourth-order valence-electron chi connectivity index (χ4n) is 3.35. The third kappa shape index (κ3) is 5.56. The van der Waals surface area contributed by atoms with E-state index in [9.17, 15) is 13.2 Å². The summed E-state index contributed by atoms with van der Waals surface area (Å²) in [5, 5.41) is 2.94. The zero-order valence-electron chi connectivity index (χ0n) is 15.9. The minimum Gasteiger partial charge on any atom is -0.348 e. The third-order valence-electron chi connectivity index (χ3n) is 4.92. The number of carbonyl (C=O) groups excluding carboxylic acids is 1. The van der Waals surface area contributed by atoms with Crippen molar-refractivity contribution in [2.24, 2.45) is 0 Å². The maximum absolute atomic E-state index is 12.4. The molecule has 0 aliphatic carbocycles. The van der Waals surface area contributed by atoms with Gasteiger partial charge in [-0.05, 0) is 55.3 Å². The summed E-state index contributed by atoms with van der Waals surface area (Å²) in [6, 6.07) is 12.5. The number of rotatable bonds is 6. The van der Waals surface area contributed by atoms with E-state index in [2.05, 4.69) is 22.3 Å². The number of benzene rings is 2. The number of piperidine rings is 1. The average Bonchev–Trinajstić information content (AvgIpc) is 2.67. The Labute approximate surface area is 171 Å². The van der Waals surface area contributed by atoms with Crippen LogP contribution in [0.25, 0.3) is 0 Å². The van der Waals surface area contributed by atoms with Crippen LogP contribution in [0.1, 0.15) is 40.7 Å². The predicted molar refractivity (Wildman–Crippen MR) is 111 cm³/mol. The third-order valence-corrected chi connectivity index (χ3v) is 6.50. The lowest BCUT2D eigenvalue weighted by Crippen LogP contribution is -2.29. The van der Waals surface area contributed by atoms with E-state index in [-0.39, 0.29) is 21.4 Å². The topological polar surface area (TPSA) is 66.5 Å². The molecule has 1 aliphatic heterocycles. The summed E-state index contributed by atoms with van der Waals surface area (Å²) < 4.78 is 23.5. The van der Waals surface area contributed by atoms with Gasteiger partial charge in [0.2, 0.25) is 0 Å². The number of carbonyl (C=O) groups is 1. The Hall–Kier alpha value is -1.89. The van der Waals surface area contributed by atoms with Crippen LogP contribution in [0.2, 0.25) is 5.02 Å². The highest BCUT2D eigenvalue weighted by Gasteiger charge is 2.16. The molecule has 1 heterocycles. The SMILES string of the molecule is CS(=O)(=O)c1cc(C(=O)NCc2ccc(CN3CCCCC3)cc2)ccc1Cl. The van der Waals surface area contributed by atoms with Gasteiger partial charge in [0.1, 0.15) is 0 Å². The molecule has 0 saturated carbocycles. The molecule has 1 N–H and O–H groups in total. The van der Waals surface area contributed by atoms with Crippen LogP contribution in [-0.2, 0) is 22.9 Å². The van der Waals surface area contributed by atoms with Gasteiger partial charge in [-0.2, -0.15) is 0 Å². The Morgan fingerprint density at radius 2 is 1.68 bits per heavy atom. The maximum Gasteiger partial charge on any atom is 0.251 e. The van der Waals surface area contributed by atoms with Crippen molar-refractivity contribution in [2.45, 2.75) is 37.2 Å². The molecule has 28 heavy (non-hydrogen) atoms. The van der Waals surface area contributed by atoms with Gasteiger partial charge in [0.05, 0.1) is 9.92 Å². The highest BCUT2D eigenvalue weighted by molar-refractivity contribution is 7.90. The number of halogens is 1. The van der Waals surface area contributed by atoms with Crippen molar-refractivity contribution < 1.29 is 13.2 Å². The first-order valence-corrected chi connectivity index (χ1v) is 11.7. The van der Waals surface area contributed by atoms with E-state index in [1.807, 2.05) is 12.1 Å². The molecule has 2 aromatic rings. The summed E-state index contributed by atoms with van der Waals surface area (Å²) in [6.45, 7) is 3.66. The highest BCUT2D eigenvalue weighted by atomic mass is 35.5. The highest BCUT2D eigenvalue weighted by Crippen LogP contribution is 2.22. The molecule has 2 aromatic carbocycles. The minimum atomic E-state index is -3.49. The Morgan fingerprint density at radius 1 is 1.04 bits per heavy atom. The van der Waals surface area contributed by atoms with Crippen molar-refractivity contribution in [3.05, 3.63) is 64.2 Å². The zero-order chi connectivity index (χ0) is 20.1. The van der Waals surface area contributed by atoms with E-state index in [0.29, 0.717) is 6.54 Å². The molecule has 1 amide bonds. The number of nitrogens with zero attached hydrogens (tertiary/aromatic N) is 1. The van der Waals surface area contributed by atoms with Gasteiger partial charge < -0.3 is 5.32 Å². The monoisotopic (exact) mass is 420 g/mol. The summed E-state index contributed by atoms with van der Waals surface area (Å²) in [7, 11) is -3.49. The van der Waals surface area contributed by atoms with Crippen molar-refractivity contribution in [1.82, 2.24) is 10.2 Å². The summed E-state index contributed by atoms with van der Waals surface area (Å²) in [6.07, 6.45) is 4.95. The first kappa shape index (κ1) is 20.8. The van der Waals surface area contributed by atoms with Crippen molar-refractivity contribution in [1.29, 1.82) is 0 Å². The predicted octanol–water partition coefficient (Wildman–Crippen LogP) is 3.66. The average molecular weight is 421 g/mol. The second-order valence-corrected chi connectivity index (χ2v) is 9.64. The number of hydrogen-bond acceptors (Lipinski definition) is 4. The molecule has 1 aliphatic rings. The molecule has 5 nitrogen and oxygen atoms in total. The lowest BCUT2D eigenvalue weighted by molar-refractivity contribution is 0.0950. The van der Waals surface area contributed by atoms with Crippen LogP contribution < -0.4 is 5.32 Å². The standard InChI is InChI=1S/C21H25ClN2O3S/c1-28(26,27)20-13-18(9-10-19(20)22)21(25)23-14-16-5-7-17(8-6-16)15-24-11-3-2-4-12-24/h5-10,13H,2-4,11-12,14-15H2,1H3,(H,23,25). The van der Waals surface area contributed by atoms with Crippen LogP contribution in [-0.4, -0.2) is 38.6 Å². The Morgan fingerprint density at radius 3 is 2.32 bits per heavy atom. The molecule has 1 saturated heterocycles. The molecule has 0 atom stereocenters. The van der Waals surface area contributed by atoms with E-state index in [1.165, 1.54) is 43.0 Å². The fourth-order valence-corrected chi connectivity index (χ4v) is 4.65. The van der Waals surface area contributed by atoms with E-state index in [4.69, 9.17) is 11.6 Å². The normalized spacial score (nSPS) is 15.4. The van der Waals surface area contributed by atoms with Gasteiger partial charge in [-0.25, -0.2) is 8.42 Å². The Balaban J connectivity index is 1.58. The number of likely N-dealkylation sites (tertiary alicyclic amines) is 1. The molecule has 3 rings (SSSR count). The molecule has 0 aromatic heterocycles. The minimum absolute atomic E-state index is 0.0381. The number of nitrogens with one attached hydrogen (secondary N) is 1. The van der Waals surface area contributed by atoms with Crippen LogP contribution in [0.3, 0.4) is 0 Å². The summed E-state index contributed by atoms with van der Waals surface area (Å²) in [4.78, 5) is 14.8. The summed E-state index contributed by atoms with van der Waals surface area (Å²) >= 11 is 5.93. The summed E-state index contributed by atoms with van der Waals surface area (Å²) in [5.41, 5.74) is 2.53. The van der Waals surface area contributed by atoms with Crippen molar-refractivity contribution >= 4 is 27.3 Å². The lowest BCUT2D eigenvalue weighted by atomic mass is 10.1. The van der Waals surface area contributed by atoms with Crippen LogP contribution in [0.5, 0.6) is 0 Å². The van der Waals surface area contributed by atoms with E-state index in [0.717, 1.165) is 31.5 Å². The van der Waals surface area contributed by atoms with Gasteiger partial charge in [-0.1, -0.05) is 42.3 Å². The van der Waals surface area contributed by atoms with Gasteiger partial charge in [-0.15, -0.1) is 0 Å². The lowest BCUT2D eigenvalue weighted by Gasteiger charge is -2.26. The van der Waals surface area contributed by atoms with Gasteiger partial charge in [0.15, 0.2) is 9.84 Å². The maximum atomic E-state index is 12.4. The van der Waals surface area contributed by atoms with Gasteiger partial charge >= 0.3 is 0 Å². The molecule has 0 unspecified atom stereocenters. The van der Waals surface area contributed by atoms with Crippen LogP contribution in [0.15, 0.2) is 47.4 Å². The first-order chi connectivity index (χ1) is 13.3. The number of sulfone groups is 1. The van der Waals surface area contributed by atoms with Crippen molar-refractivity contribution in [3.63, 3.8) is 0 Å². The summed E-state index contributed by atoms with van der Waals surface area (Å²) in [5.74, 6) is -0.334. The Bertz CT molecular complexity index is 937. The smallest absolute Gasteiger partial charge is 0.251 e. The molecule has 0 bridgehead atoms. The zero-order valence-corrected chi connectivity index (χ0v) is 17.5. The van der Waals surface area contributed by atoms with Crippen molar-refractivity contribution in [2.75, 3.05) is 19.3 Å². The van der Waals surface area contributed by atoms with Crippen LogP contribution in [0.4, 0.5) is 0 Å². The molecule has 0 spiro atoms. The van der Waals surface area contributed by atoms with Crippen molar-refractivity contribution in [3.8, 4) is 0 Å². The molecule has 0 radical (unpaired) electrons. The molecule has 150 valence electrons. The molecule has 7 heteroatoms. The first-order valence-electron chi connectivity index (χ1n) is 9.41. The quantitative estimate of drug-likeness (QED) is 0.774. The second-order valence-electron chi connectivity index (χ2n) is 7.25. The van der Waals surface area contributed by atoms with Crippen LogP contribution in [0, 0.1) is 0 Å². The van der Waals surface area contributed by atoms with E-state index in [1.54, 1.807) is 0 Å². The molecular formula is C21H25ClN2O3S. The Kier molecular flexibility index (Phi) is 6.75. The van der Waals surface area contributed by atoms with Gasteiger partial charge in [-0.3, -0.25) is 9.69 Å². The second kappa shape index (κ2) is 9.07. The van der Waals surface area contributed by atoms with Gasteiger partial charge in [0, 0.05) is 24.9 Å². The molecule has 1 fully saturated rings. The van der Waals surface area contributed by atoms with E-state index >= 15 is 0 Å². The largest absolute Gasteiger partial charge is 0.348 e. The van der Waals surface area contributed by atoms with Gasteiger partial charge in [0.25, 0.3) is 5.91 Å². The number of hydrogen-bond donors (Lipinski definition) is 1. The molecular weight excluding hydrogens is 396 g/mol. The van der Waals surface area contributed by atoms with Crippen LogP contribution >= 0.6 is 11.6 Å². The fraction of sp³-hybridized carbons (Fsp3) is 0.381. The van der Waals surface area contributed by atoms with E-state index < -0.39 is 9.84 Å². The number of amides is 1.